The van der Waals surface area contributed by atoms with Gasteiger partial charge in [-0.2, -0.15) is 0 Å². The molecule has 2 aromatic carbocycles. The van der Waals surface area contributed by atoms with E-state index in [0.717, 1.165) is 18.4 Å². The second kappa shape index (κ2) is 13.1. The molecule has 184 valence electrons. The van der Waals surface area contributed by atoms with Crippen LogP contribution in [0.5, 0.6) is 11.5 Å². The van der Waals surface area contributed by atoms with Crippen LogP contribution >= 0.6 is 0 Å². The molecule has 0 aliphatic heterocycles. The van der Waals surface area contributed by atoms with E-state index >= 15 is 0 Å². The van der Waals surface area contributed by atoms with Crippen molar-refractivity contribution in [1.82, 2.24) is 0 Å². The van der Waals surface area contributed by atoms with E-state index in [2.05, 4.69) is 25.6 Å². The highest BCUT2D eigenvalue weighted by Crippen LogP contribution is 2.32. The number of aliphatic hydroxyl groups is 2. The van der Waals surface area contributed by atoms with Gasteiger partial charge in [-0.05, 0) is 55.5 Å². The van der Waals surface area contributed by atoms with Crippen LogP contribution in [0.4, 0.5) is 0 Å². The first-order valence-electron chi connectivity index (χ1n) is 11.8. The summed E-state index contributed by atoms with van der Waals surface area (Å²) in [6.07, 6.45) is 7.16. The molecule has 6 heteroatoms. The maximum absolute atomic E-state index is 12.5. The van der Waals surface area contributed by atoms with Gasteiger partial charge in [-0.25, -0.2) is 4.79 Å². The van der Waals surface area contributed by atoms with Gasteiger partial charge >= 0.3 is 11.9 Å². The van der Waals surface area contributed by atoms with Crippen LogP contribution in [-0.2, 0) is 16.0 Å². The van der Waals surface area contributed by atoms with Crippen molar-refractivity contribution >= 4 is 11.9 Å². The Morgan fingerprint density at radius 3 is 2.09 bits per heavy atom. The fourth-order valence-electron chi connectivity index (χ4n) is 3.21. The molecule has 0 heterocycles. The highest BCUT2D eigenvalue weighted by Gasteiger charge is 2.29. The van der Waals surface area contributed by atoms with Crippen LogP contribution in [0.25, 0.3) is 11.1 Å². The molecule has 0 radical (unpaired) electrons. The number of aliphatic hydroxyl groups excluding tert-OH is 2. The standard InChI is InChI=1S/C28H36O6/c1-5-6-7-8-9-10-21-11-13-22(14-12-21)23-15-24(33-26(31)20(2)18-29)17-25(16-23)34-27(32)28(3,4)19-30/h11-17,29-30H,2,5-10,18-19H2,1,3-4H3. The molecule has 0 amide bonds. The summed E-state index contributed by atoms with van der Waals surface area (Å²) in [6.45, 7) is 7.94. The van der Waals surface area contributed by atoms with Crippen molar-refractivity contribution in [1.29, 1.82) is 0 Å². The molecule has 0 bridgehead atoms. The van der Waals surface area contributed by atoms with E-state index in [1.165, 1.54) is 37.3 Å². The van der Waals surface area contributed by atoms with Crippen LogP contribution in [0.2, 0.25) is 0 Å². The van der Waals surface area contributed by atoms with E-state index in [1.54, 1.807) is 26.0 Å². The number of benzene rings is 2. The fourth-order valence-corrected chi connectivity index (χ4v) is 3.21. The van der Waals surface area contributed by atoms with Gasteiger partial charge in [0.25, 0.3) is 0 Å². The topological polar surface area (TPSA) is 93.1 Å². The van der Waals surface area contributed by atoms with Gasteiger partial charge in [0.2, 0.25) is 0 Å². The lowest BCUT2D eigenvalue weighted by Crippen LogP contribution is -2.32. The van der Waals surface area contributed by atoms with Crippen LogP contribution in [0.1, 0.15) is 58.4 Å². The zero-order valence-corrected chi connectivity index (χ0v) is 20.4. The molecule has 2 N–H and O–H groups in total. The van der Waals surface area contributed by atoms with Gasteiger partial charge in [-0.15, -0.1) is 0 Å². The zero-order valence-electron chi connectivity index (χ0n) is 20.4. The third-order valence-corrected chi connectivity index (χ3v) is 5.58. The number of hydrogen-bond donors (Lipinski definition) is 2. The smallest absolute Gasteiger partial charge is 0.341 e. The van der Waals surface area contributed by atoms with Crippen molar-refractivity contribution in [2.75, 3.05) is 13.2 Å². The van der Waals surface area contributed by atoms with E-state index in [1.807, 2.05) is 12.1 Å². The molecule has 0 aliphatic rings. The maximum atomic E-state index is 12.5. The van der Waals surface area contributed by atoms with E-state index in [9.17, 15) is 14.7 Å². The van der Waals surface area contributed by atoms with Gasteiger partial charge in [0.05, 0.1) is 24.2 Å². The molecule has 2 aromatic rings. The lowest BCUT2D eigenvalue weighted by Gasteiger charge is -2.20. The minimum absolute atomic E-state index is 0.0892. The minimum atomic E-state index is -1.09. The average Bonchev–Trinajstić information content (AvgIpc) is 2.83. The number of aryl methyl sites for hydroxylation is 1. The molecule has 0 aromatic heterocycles. The molecule has 0 unspecified atom stereocenters. The summed E-state index contributed by atoms with van der Waals surface area (Å²) >= 11 is 0. The molecule has 2 rings (SSSR count). The number of unbranched alkanes of at least 4 members (excludes halogenated alkanes) is 4. The Balaban J connectivity index is 2.27. The zero-order chi connectivity index (χ0) is 25.1. The Bertz CT molecular complexity index is 975. The van der Waals surface area contributed by atoms with Gasteiger partial charge in [0.15, 0.2) is 0 Å². The highest BCUT2D eigenvalue weighted by atomic mass is 16.5. The lowest BCUT2D eigenvalue weighted by molar-refractivity contribution is -0.146. The van der Waals surface area contributed by atoms with Crippen LogP contribution in [0, 0.1) is 5.41 Å². The predicted octanol–water partition coefficient (Wildman–Crippen LogP) is 5.24. The van der Waals surface area contributed by atoms with Crippen molar-refractivity contribution in [3.05, 3.63) is 60.2 Å². The quantitative estimate of drug-likeness (QED) is 0.181. The summed E-state index contributed by atoms with van der Waals surface area (Å²) in [6, 6.07) is 12.9. The number of ether oxygens (including phenoxy) is 2. The van der Waals surface area contributed by atoms with Crippen molar-refractivity contribution in [2.24, 2.45) is 5.41 Å². The van der Waals surface area contributed by atoms with Gasteiger partial charge in [0, 0.05) is 6.07 Å². The predicted molar refractivity (Wildman–Crippen MR) is 133 cm³/mol. The Hall–Kier alpha value is -2.96. The molecular weight excluding hydrogens is 432 g/mol. The van der Waals surface area contributed by atoms with Gasteiger partial charge in [-0.1, -0.05) is 63.5 Å². The summed E-state index contributed by atoms with van der Waals surface area (Å²) in [7, 11) is 0. The molecule has 0 aliphatic carbocycles. The highest BCUT2D eigenvalue weighted by molar-refractivity contribution is 5.90. The van der Waals surface area contributed by atoms with Crippen LogP contribution in [0.15, 0.2) is 54.6 Å². The first-order valence-corrected chi connectivity index (χ1v) is 11.8. The number of esters is 2. The van der Waals surface area contributed by atoms with Crippen LogP contribution in [-0.4, -0.2) is 35.4 Å². The summed E-state index contributed by atoms with van der Waals surface area (Å²) in [5.74, 6) is -1.04. The maximum Gasteiger partial charge on any atom is 0.341 e. The van der Waals surface area contributed by atoms with E-state index < -0.39 is 24.0 Å². The lowest BCUT2D eigenvalue weighted by atomic mass is 9.95. The molecule has 0 atom stereocenters. The van der Waals surface area contributed by atoms with E-state index in [4.69, 9.17) is 14.6 Å². The molecule has 0 saturated heterocycles. The number of carbonyl (C=O) groups is 2. The fraction of sp³-hybridized carbons (Fsp3) is 0.429. The normalized spacial score (nSPS) is 11.2. The summed E-state index contributed by atoms with van der Waals surface area (Å²) in [5.41, 5.74) is 1.63. The summed E-state index contributed by atoms with van der Waals surface area (Å²) in [5, 5.41) is 18.6. The van der Waals surface area contributed by atoms with Crippen molar-refractivity contribution in [3.8, 4) is 22.6 Å². The third-order valence-electron chi connectivity index (χ3n) is 5.58. The molecule has 6 nitrogen and oxygen atoms in total. The summed E-state index contributed by atoms with van der Waals surface area (Å²) < 4.78 is 10.8. The van der Waals surface area contributed by atoms with Gasteiger partial charge in [-0.3, -0.25) is 4.79 Å². The molecule has 0 spiro atoms. The van der Waals surface area contributed by atoms with Crippen molar-refractivity contribution < 1.29 is 29.3 Å². The van der Waals surface area contributed by atoms with Gasteiger partial charge in [0.1, 0.15) is 11.5 Å². The Morgan fingerprint density at radius 1 is 0.882 bits per heavy atom. The first-order chi connectivity index (χ1) is 16.2. The Kier molecular flexibility index (Phi) is 10.5. The Labute approximate surface area is 202 Å². The number of hydrogen-bond acceptors (Lipinski definition) is 6. The second-order valence-corrected chi connectivity index (χ2v) is 9.14. The number of carbonyl (C=O) groups excluding carboxylic acids is 2. The van der Waals surface area contributed by atoms with E-state index in [-0.39, 0.29) is 23.7 Å². The molecular formula is C28H36O6. The van der Waals surface area contributed by atoms with Crippen LogP contribution < -0.4 is 9.47 Å². The Morgan fingerprint density at radius 2 is 1.50 bits per heavy atom. The third kappa shape index (κ3) is 8.12. The minimum Gasteiger partial charge on any atom is -0.426 e. The molecule has 0 saturated carbocycles. The van der Waals surface area contributed by atoms with E-state index in [0.29, 0.717) is 5.56 Å². The largest absolute Gasteiger partial charge is 0.426 e. The first kappa shape index (κ1) is 27.3. The van der Waals surface area contributed by atoms with Crippen molar-refractivity contribution in [2.45, 2.75) is 59.3 Å². The molecule has 34 heavy (non-hydrogen) atoms. The monoisotopic (exact) mass is 468 g/mol. The molecule has 0 fully saturated rings. The SMILES string of the molecule is C=C(CO)C(=O)Oc1cc(OC(=O)C(C)(C)CO)cc(-c2ccc(CCCCCCC)cc2)c1. The number of rotatable bonds is 13. The summed E-state index contributed by atoms with van der Waals surface area (Å²) in [4.78, 5) is 24.6. The second-order valence-electron chi connectivity index (χ2n) is 9.14. The van der Waals surface area contributed by atoms with Crippen LogP contribution in [0.3, 0.4) is 0 Å². The van der Waals surface area contributed by atoms with Gasteiger partial charge < -0.3 is 19.7 Å². The van der Waals surface area contributed by atoms with Crippen molar-refractivity contribution in [3.63, 3.8) is 0 Å². The average molecular weight is 469 g/mol.